The molecule has 32 heavy (non-hydrogen) atoms. The van der Waals surface area contributed by atoms with Gasteiger partial charge in [-0.05, 0) is 46.2 Å². The van der Waals surface area contributed by atoms with Crippen molar-refractivity contribution in [3.8, 4) is 0 Å². The van der Waals surface area contributed by atoms with Crippen molar-refractivity contribution in [1.82, 2.24) is 25.6 Å². The molecule has 2 amide bonds. The number of H-pyrrole nitrogens is 1. The molecule has 0 bridgehead atoms. The normalized spacial score (nSPS) is 10.9. The molecule has 0 aliphatic heterocycles. The van der Waals surface area contributed by atoms with Crippen LogP contribution in [0.2, 0.25) is 0 Å². The Balaban J connectivity index is 1.87. The van der Waals surface area contributed by atoms with E-state index in [1.807, 2.05) is 0 Å². The van der Waals surface area contributed by atoms with Gasteiger partial charge in [0.15, 0.2) is 5.69 Å². The number of hydrazine groups is 1. The molecule has 0 fully saturated rings. The number of nitrogens with zero attached hydrogens (tertiary/aromatic N) is 2. The molecule has 10 heteroatoms. The molecule has 0 aliphatic rings. The minimum atomic E-state index is -0.685. The van der Waals surface area contributed by atoms with Crippen molar-refractivity contribution in [1.29, 1.82) is 0 Å². The predicted octanol–water partition coefficient (Wildman–Crippen LogP) is 2.17. The van der Waals surface area contributed by atoms with E-state index in [0.29, 0.717) is 22.0 Å². The van der Waals surface area contributed by atoms with Crippen molar-refractivity contribution in [2.24, 2.45) is 0 Å². The standard InChI is InChI=1S/C22H25N5O5/c1-6-32-22(31)16-12(4)17(23-13(16)5)19(28)24-25-20(29)18-14-9-7-8-10-15(14)21(30)27(26-18)11(2)3/h7-11,23H,6H2,1-5H3,(H,24,28)(H,25,29). The van der Waals surface area contributed by atoms with Crippen LogP contribution in [0.15, 0.2) is 29.1 Å². The van der Waals surface area contributed by atoms with E-state index >= 15 is 0 Å². The largest absolute Gasteiger partial charge is 0.462 e. The van der Waals surface area contributed by atoms with Crippen molar-refractivity contribution in [3.63, 3.8) is 0 Å². The second-order valence-corrected chi connectivity index (χ2v) is 7.49. The third-order valence-electron chi connectivity index (χ3n) is 4.97. The van der Waals surface area contributed by atoms with Gasteiger partial charge in [-0.1, -0.05) is 18.2 Å². The molecule has 0 atom stereocenters. The van der Waals surface area contributed by atoms with Crippen molar-refractivity contribution < 1.29 is 19.1 Å². The highest BCUT2D eigenvalue weighted by Crippen LogP contribution is 2.19. The number of carbonyl (C=O) groups excluding carboxylic acids is 3. The number of aromatic nitrogens is 3. The minimum Gasteiger partial charge on any atom is -0.462 e. The maximum atomic E-state index is 12.8. The van der Waals surface area contributed by atoms with E-state index in [1.165, 1.54) is 4.68 Å². The van der Waals surface area contributed by atoms with Gasteiger partial charge in [-0.3, -0.25) is 25.2 Å². The predicted molar refractivity (Wildman–Crippen MR) is 118 cm³/mol. The fourth-order valence-electron chi connectivity index (χ4n) is 3.45. The third-order valence-corrected chi connectivity index (χ3v) is 4.97. The number of esters is 1. The lowest BCUT2D eigenvalue weighted by Gasteiger charge is -2.13. The number of benzene rings is 1. The zero-order valence-corrected chi connectivity index (χ0v) is 18.5. The molecule has 168 valence electrons. The van der Waals surface area contributed by atoms with Crippen LogP contribution in [0.3, 0.4) is 0 Å². The zero-order valence-electron chi connectivity index (χ0n) is 18.5. The SMILES string of the molecule is CCOC(=O)c1c(C)[nH]c(C(=O)NNC(=O)c2nn(C(C)C)c(=O)c3ccccc23)c1C. The number of carbonyl (C=O) groups is 3. The van der Waals surface area contributed by atoms with Crippen LogP contribution in [-0.2, 0) is 4.74 Å². The number of fused-ring (bicyclic) bond motifs is 1. The summed E-state index contributed by atoms with van der Waals surface area (Å²) < 4.78 is 6.25. The first-order valence-electron chi connectivity index (χ1n) is 10.2. The fraction of sp³-hybridized carbons (Fsp3) is 0.318. The van der Waals surface area contributed by atoms with Crippen molar-refractivity contribution in [3.05, 3.63) is 62.8 Å². The number of ether oxygens (including phenoxy) is 1. The van der Waals surface area contributed by atoms with Gasteiger partial charge in [-0.15, -0.1) is 0 Å². The maximum Gasteiger partial charge on any atom is 0.340 e. The zero-order chi connectivity index (χ0) is 23.6. The Morgan fingerprint density at radius 1 is 1.09 bits per heavy atom. The molecule has 0 saturated carbocycles. The number of aromatic amines is 1. The average Bonchev–Trinajstić information content (AvgIpc) is 3.06. The van der Waals surface area contributed by atoms with Gasteiger partial charge in [0.2, 0.25) is 0 Å². The fourth-order valence-corrected chi connectivity index (χ4v) is 3.45. The average molecular weight is 439 g/mol. The first-order chi connectivity index (χ1) is 15.2. The van der Waals surface area contributed by atoms with Gasteiger partial charge in [0.25, 0.3) is 17.4 Å². The lowest BCUT2D eigenvalue weighted by molar-refractivity contribution is 0.0524. The summed E-state index contributed by atoms with van der Waals surface area (Å²) in [6.45, 7) is 8.73. The van der Waals surface area contributed by atoms with Gasteiger partial charge in [0.1, 0.15) is 5.69 Å². The Kier molecular flexibility index (Phi) is 6.42. The van der Waals surface area contributed by atoms with E-state index in [9.17, 15) is 19.2 Å². The summed E-state index contributed by atoms with van der Waals surface area (Å²) in [6.07, 6.45) is 0. The molecule has 1 aromatic carbocycles. The molecule has 10 nitrogen and oxygen atoms in total. The Labute approximate surface area is 183 Å². The summed E-state index contributed by atoms with van der Waals surface area (Å²) in [7, 11) is 0. The molecule has 0 aliphatic carbocycles. The highest BCUT2D eigenvalue weighted by Gasteiger charge is 2.24. The Morgan fingerprint density at radius 3 is 2.34 bits per heavy atom. The third kappa shape index (κ3) is 4.11. The summed E-state index contributed by atoms with van der Waals surface area (Å²) in [5.74, 6) is -1.86. The van der Waals surface area contributed by atoms with Crippen molar-refractivity contribution in [2.75, 3.05) is 6.61 Å². The molecule has 0 spiro atoms. The lowest BCUT2D eigenvalue weighted by Crippen LogP contribution is -2.43. The number of nitrogens with one attached hydrogen (secondary N) is 3. The molecule has 3 rings (SSSR count). The molecule has 3 N–H and O–H groups in total. The van der Waals surface area contributed by atoms with Crippen LogP contribution < -0.4 is 16.4 Å². The second-order valence-electron chi connectivity index (χ2n) is 7.49. The van der Waals surface area contributed by atoms with Gasteiger partial charge in [-0.25, -0.2) is 9.48 Å². The van der Waals surface area contributed by atoms with E-state index in [-0.39, 0.29) is 35.2 Å². The van der Waals surface area contributed by atoms with E-state index in [1.54, 1.807) is 58.9 Å². The molecule has 0 radical (unpaired) electrons. The molecule has 0 unspecified atom stereocenters. The van der Waals surface area contributed by atoms with Crippen molar-refractivity contribution >= 4 is 28.6 Å². The molecule has 0 saturated heterocycles. The summed E-state index contributed by atoms with van der Waals surface area (Å²) in [6, 6.07) is 6.37. The van der Waals surface area contributed by atoms with E-state index in [4.69, 9.17) is 4.74 Å². The van der Waals surface area contributed by atoms with Crippen molar-refractivity contribution in [2.45, 2.75) is 40.7 Å². The van der Waals surface area contributed by atoms with Crippen LogP contribution in [-0.4, -0.2) is 39.2 Å². The monoisotopic (exact) mass is 439 g/mol. The smallest absolute Gasteiger partial charge is 0.340 e. The van der Waals surface area contributed by atoms with E-state index < -0.39 is 17.8 Å². The van der Waals surface area contributed by atoms with Crippen LogP contribution in [0.1, 0.15) is 69.4 Å². The summed E-state index contributed by atoms with van der Waals surface area (Å²) in [5, 5.41) is 4.92. The lowest BCUT2D eigenvalue weighted by atomic mass is 10.1. The van der Waals surface area contributed by atoms with E-state index in [2.05, 4.69) is 20.9 Å². The van der Waals surface area contributed by atoms with Crippen LogP contribution in [0, 0.1) is 13.8 Å². The van der Waals surface area contributed by atoms with Gasteiger partial charge >= 0.3 is 5.97 Å². The molecular formula is C22H25N5O5. The maximum absolute atomic E-state index is 12.8. The van der Waals surface area contributed by atoms with Gasteiger partial charge < -0.3 is 9.72 Å². The van der Waals surface area contributed by atoms with Gasteiger partial charge in [-0.2, -0.15) is 5.10 Å². The van der Waals surface area contributed by atoms with Crippen LogP contribution >= 0.6 is 0 Å². The summed E-state index contributed by atoms with van der Waals surface area (Å²) in [4.78, 5) is 53.1. The number of hydrogen-bond acceptors (Lipinski definition) is 6. The number of aryl methyl sites for hydroxylation is 1. The highest BCUT2D eigenvalue weighted by atomic mass is 16.5. The molecular weight excluding hydrogens is 414 g/mol. The number of hydrogen-bond donors (Lipinski definition) is 3. The summed E-state index contributed by atoms with van der Waals surface area (Å²) in [5.41, 5.74) is 5.64. The highest BCUT2D eigenvalue weighted by molar-refractivity contribution is 6.06. The van der Waals surface area contributed by atoms with E-state index in [0.717, 1.165) is 0 Å². The van der Waals surface area contributed by atoms with Gasteiger partial charge in [0.05, 0.1) is 23.6 Å². The van der Waals surface area contributed by atoms with Crippen LogP contribution in [0.5, 0.6) is 0 Å². The Bertz CT molecular complexity index is 1270. The van der Waals surface area contributed by atoms with Gasteiger partial charge in [0, 0.05) is 11.1 Å². The number of rotatable bonds is 5. The topological polar surface area (TPSA) is 135 Å². The minimum absolute atomic E-state index is 0.000741. The number of amides is 2. The Hall–Kier alpha value is -3.95. The summed E-state index contributed by atoms with van der Waals surface area (Å²) >= 11 is 0. The molecule has 2 heterocycles. The first-order valence-corrected chi connectivity index (χ1v) is 10.2. The quantitative estimate of drug-likeness (QED) is 0.412. The van der Waals surface area contributed by atoms with Crippen LogP contribution in [0.25, 0.3) is 10.8 Å². The second kappa shape index (κ2) is 9.04. The first kappa shape index (κ1) is 22.7. The molecule has 2 aromatic heterocycles. The van der Waals surface area contributed by atoms with Crippen LogP contribution in [0.4, 0.5) is 0 Å². The molecule has 3 aromatic rings. The Morgan fingerprint density at radius 2 is 1.72 bits per heavy atom.